The highest BCUT2D eigenvalue weighted by Gasteiger charge is 2.96. The van der Waals surface area contributed by atoms with Crippen LogP contribution >= 0.6 is 0 Å². The second kappa shape index (κ2) is 10.4. The Kier molecular flexibility index (Phi) is 7.31. The molecule has 0 amide bonds. The number of nitrogens with zero attached hydrogens (tertiary/aromatic N) is 1. The number of carbonyl (C=O) groups excluding carboxylic acids is 2. The average Bonchev–Trinajstić information content (AvgIpc) is 3.38. The Balaban J connectivity index is 1.56. The number of methoxy groups -OCH3 is 4. The van der Waals surface area contributed by atoms with Crippen LogP contribution in [0.3, 0.4) is 0 Å². The maximum Gasteiger partial charge on any atom is 0.338 e. The number of hydrogen-bond acceptors (Lipinski definition) is 13. The van der Waals surface area contributed by atoms with Crippen molar-refractivity contribution in [3.05, 3.63) is 35.9 Å². The van der Waals surface area contributed by atoms with Gasteiger partial charge in [-0.1, -0.05) is 18.2 Å². The molecule has 254 valence electrons. The van der Waals surface area contributed by atoms with Gasteiger partial charge in [0.2, 0.25) is 0 Å². The van der Waals surface area contributed by atoms with Crippen molar-refractivity contribution in [2.75, 3.05) is 48.6 Å². The minimum absolute atomic E-state index is 0.113. The molecule has 1 aromatic rings. The van der Waals surface area contributed by atoms with E-state index in [9.17, 15) is 30.0 Å². The molecule has 1 aromatic carbocycles. The van der Waals surface area contributed by atoms with Crippen LogP contribution in [0.2, 0.25) is 0 Å². The molecular weight excluding hydrogens is 602 g/mol. The third-order valence-electron chi connectivity index (χ3n) is 12.9. The highest BCUT2D eigenvalue weighted by atomic mass is 16.6. The molecule has 0 aromatic heterocycles. The van der Waals surface area contributed by atoms with Crippen molar-refractivity contribution in [1.29, 1.82) is 0 Å². The first kappa shape index (κ1) is 32.4. The zero-order chi connectivity index (χ0) is 33.2. The fourth-order valence-electron chi connectivity index (χ4n) is 12.2. The maximum atomic E-state index is 13.7. The van der Waals surface area contributed by atoms with Crippen molar-refractivity contribution in [2.45, 2.75) is 79.2 Å². The van der Waals surface area contributed by atoms with E-state index in [1.807, 2.05) is 11.9 Å². The molecule has 0 radical (unpaired) electrons. The van der Waals surface area contributed by atoms with Gasteiger partial charge < -0.3 is 53.7 Å². The summed E-state index contributed by atoms with van der Waals surface area (Å²) in [7, 11) is 7.77. The van der Waals surface area contributed by atoms with Gasteiger partial charge in [0.1, 0.15) is 23.9 Å². The van der Waals surface area contributed by atoms with Gasteiger partial charge in [0.05, 0.1) is 42.0 Å². The smallest absolute Gasteiger partial charge is 0.338 e. The van der Waals surface area contributed by atoms with Crippen LogP contribution in [-0.4, -0.2) is 145 Å². The van der Waals surface area contributed by atoms with Crippen molar-refractivity contribution in [3.8, 4) is 0 Å². The van der Waals surface area contributed by atoms with E-state index in [2.05, 4.69) is 0 Å². The van der Waals surface area contributed by atoms with Crippen LogP contribution in [0.5, 0.6) is 0 Å². The monoisotopic (exact) mass is 647 g/mol. The largest absolute Gasteiger partial charge is 0.455 e. The van der Waals surface area contributed by atoms with Crippen LogP contribution in [0.25, 0.3) is 0 Å². The Morgan fingerprint density at radius 3 is 2.26 bits per heavy atom. The van der Waals surface area contributed by atoms with Crippen molar-refractivity contribution < 1.29 is 58.4 Å². The highest BCUT2D eigenvalue weighted by molar-refractivity contribution is 5.89. The molecule has 1 aliphatic heterocycles. The van der Waals surface area contributed by atoms with E-state index in [1.165, 1.54) is 28.3 Å². The number of likely N-dealkylation sites (tertiary alicyclic amines) is 1. The van der Waals surface area contributed by atoms with E-state index in [0.29, 0.717) is 6.54 Å². The Morgan fingerprint density at radius 2 is 1.67 bits per heavy atom. The molecule has 7 rings (SSSR count). The summed E-state index contributed by atoms with van der Waals surface area (Å²) < 4.78 is 36.7. The van der Waals surface area contributed by atoms with Crippen molar-refractivity contribution in [1.82, 2.24) is 4.90 Å². The molecule has 7 bridgehead atoms. The van der Waals surface area contributed by atoms with Crippen LogP contribution in [0.15, 0.2) is 30.3 Å². The Bertz CT molecular complexity index is 1400. The number of carbonyl (C=O) groups is 2. The SMILES string of the molecule is COC[C@]12CN(C)C3[C@@H]4[C@H](OC)[C@H]1[C@@]3([C@@H](OC)C[C@H]2O)[C@]1(O)C[C@@]2(O)[C@H](OC(=O)c3ccccc3)[C@@H]1[C@]4(OC(C)=O)[C@@H](O)[C@@H]2OC. The number of aliphatic hydroxyl groups is 4. The van der Waals surface area contributed by atoms with Crippen LogP contribution in [0.1, 0.15) is 30.1 Å². The summed E-state index contributed by atoms with van der Waals surface area (Å²) in [6.07, 6.45) is -7.39. The van der Waals surface area contributed by atoms with Gasteiger partial charge in [-0.25, -0.2) is 4.79 Å². The van der Waals surface area contributed by atoms with E-state index in [1.54, 1.807) is 37.4 Å². The third-order valence-corrected chi connectivity index (χ3v) is 12.9. The van der Waals surface area contributed by atoms with Crippen molar-refractivity contribution in [2.24, 2.45) is 28.6 Å². The minimum atomic E-state index is -2.12. The molecule has 1 saturated heterocycles. The molecule has 4 N–H and O–H groups in total. The van der Waals surface area contributed by atoms with Crippen molar-refractivity contribution in [3.63, 3.8) is 0 Å². The Labute approximate surface area is 267 Å². The lowest BCUT2D eigenvalue weighted by Gasteiger charge is -2.72. The van der Waals surface area contributed by atoms with Gasteiger partial charge in [0.25, 0.3) is 0 Å². The number of piperidine rings is 1. The molecule has 5 aliphatic carbocycles. The highest BCUT2D eigenvalue weighted by Crippen LogP contribution is 2.81. The van der Waals surface area contributed by atoms with Gasteiger partial charge in [-0.05, 0) is 19.2 Å². The van der Waals surface area contributed by atoms with Crippen molar-refractivity contribution >= 4 is 11.9 Å². The zero-order valence-corrected chi connectivity index (χ0v) is 27.0. The average molecular weight is 648 g/mol. The number of benzene rings is 1. The lowest BCUT2D eigenvalue weighted by atomic mass is 9.40. The van der Waals surface area contributed by atoms with Crippen LogP contribution in [0, 0.1) is 28.6 Å². The fraction of sp³-hybridized carbons (Fsp3) is 0.758. The number of esters is 2. The number of ether oxygens (including phenoxy) is 6. The van der Waals surface area contributed by atoms with Crippen LogP contribution in [-0.2, 0) is 33.2 Å². The van der Waals surface area contributed by atoms with E-state index in [4.69, 9.17) is 28.4 Å². The van der Waals surface area contributed by atoms with Gasteiger partial charge in [-0.3, -0.25) is 4.79 Å². The predicted octanol–water partition coefficient (Wildman–Crippen LogP) is -0.627. The molecule has 46 heavy (non-hydrogen) atoms. The maximum absolute atomic E-state index is 13.7. The van der Waals surface area contributed by atoms with Gasteiger partial charge >= 0.3 is 11.9 Å². The first-order valence-electron chi connectivity index (χ1n) is 15.9. The van der Waals surface area contributed by atoms with Crippen LogP contribution < -0.4 is 0 Å². The van der Waals surface area contributed by atoms with Gasteiger partial charge in [0, 0.05) is 83.5 Å². The lowest BCUT2D eigenvalue weighted by Crippen LogP contribution is -2.85. The van der Waals surface area contributed by atoms with E-state index < -0.39 is 106 Å². The molecular formula is C33H45NO12. The van der Waals surface area contributed by atoms with Gasteiger partial charge in [0.15, 0.2) is 5.60 Å². The molecule has 13 nitrogen and oxygen atoms in total. The minimum Gasteiger partial charge on any atom is -0.455 e. The zero-order valence-electron chi connectivity index (χ0n) is 27.0. The topological polar surface area (TPSA) is 174 Å². The van der Waals surface area contributed by atoms with E-state index in [-0.39, 0.29) is 18.6 Å². The summed E-state index contributed by atoms with van der Waals surface area (Å²) in [4.78, 5) is 28.9. The number of aliphatic hydroxyl groups excluding tert-OH is 2. The summed E-state index contributed by atoms with van der Waals surface area (Å²) >= 11 is 0. The Morgan fingerprint density at radius 1 is 0.978 bits per heavy atom. The van der Waals surface area contributed by atoms with Crippen LogP contribution in [0.4, 0.5) is 0 Å². The molecule has 1 unspecified atom stereocenters. The molecule has 15 atom stereocenters. The summed E-state index contributed by atoms with van der Waals surface area (Å²) in [6.45, 7) is 1.68. The Hall–Kier alpha value is -2.20. The molecule has 6 aliphatic rings. The summed E-state index contributed by atoms with van der Waals surface area (Å²) in [6, 6.07) is 7.61. The summed E-state index contributed by atoms with van der Waals surface area (Å²) in [5.41, 5.74) is -8.16. The predicted molar refractivity (Wildman–Crippen MR) is 157 cm³/mol. The fourth-order valence-corrected chi connectivity index (χ4v) is 12.2. The normalized spacial score (nSPS) is 51.5. The molecule has 5 saturated carbocycles. The summed E-state index contributed by atoms with van der Waals surface area (Å²) in [5, 5.41) is 50.8. The second-order valence-electron chi connectivity index (χ2n) is 14.4. The molecule has 1 heterocycles. The number of fused-ring (bicyclic) bond motifs is 2. The molecule has 1 spiro atoms. The number of rotatable bonds is 8. The van der Waals surface area contributed by atoms with E-state index in [0.717, 1.165) is 0 Å². The summed E-state index contributed by atoms with van der Waals surface area (Å²) in [5.74, 6) is -4.35. The third kappa shape index (κ3) is 3.41. The number of hydrogen-bond donors (Lipinski definition) is 4. The second-order valence-corrected chi connectivity index (χ2v) is 14.4. The lowest BCUT2D eigenvalue weighted by molar-refractivity contribution is -0.353. The standard InChI is InChI=1S/C33H45NO12/c1-16(35)46-33-20-21(43-5)22-29(15-41-3)14-34(2)24(20)32(22,19(42-4)12-18(29)36)31(40)13-30(39,27(44-6)25(33)37)26(23(31)33)45-28(38)17-10-8-7-9-11-17/h7-11,18-27,36-37,39-40H,12-15H2,1-6H3/t18-,19+,20+,21+,22-,23+,24?,25+,26-,27+,29+,30-,31+,32-,33+/m1/s1. The van der Waals surface area contributed by atoms with Gasteiger partial charge in [-0.15, -0.1) is 0 Å². The van der Waals surface area contributed by atoms with Gasteiger partial charge in [-0.2, -0.15) is 0 Å². The molecule has 13 heteroatoms. The quantitative estimate of drug-likeness (QED) is 0.263. The van der Waals surface area contributed by atoms with E-state index >= 15 is 0 Å². The first-order chi connectivity index (χ1) is 21.8. The molecule has 6 fully saturated rings. The first-order valence-corrected chi connectivity index (χ1v) is 15.9.